The zero-order chi connectivity index (χ0) is 14.3. The fourth-order valence-corrected chi connectivity index (χ4v) is 2.66. The molecule has 1 rings (SSSR count). The Hall–Kier alpha value is -0.810. The van der Waals surface area contributed by atoms with Gasteiger partial charge in [0.2, 0.25) is 0 Å². The molecule has 0 aliphatic heterocycles. The topological polar surface area (TPSA) is 54.3 Å². The molecule has 0 fully saturated rings. The lowest BCUT2D eigenvalue weighted by atomic mass is 10.0. The first kappa shape index (κ1) is 16.2. The van der Waals surface area contributed by atoms with Gasteiger partial charge < -0.3 is 15.0 Å². The maximum absolute atomic E-state index is 12.1. The maximum Gasteiger partial charge on any atom is 0.267 e. The van der Waals surface area contributed by atoms with Crippen molar-refractivity contribution in [2.75, 3.05) is 13.2 Å². The molecule has 4 nitrogen and oxygen atoms in total. The highest BCUT2D eigenvalue weighted by Crippen LogP contribution is 2.15. The number of nitrogens with zero attached hydrogens (tertiary/aromatic N) is 1. The van der Waals surface area contributed by atoms with Crippen molar-refractivity contribution in [3.63, 3.8) is 0 Å². The number of carbonyl (C=O) groups is 1. The molecule has 1 atom stereocenters. The number of halogens is 1. The number of hydrogen-bond acceptors (Lipinski definition) is 2. The molecule has 5 heteroatoms. The largest absolute Gasteiger partial charge is 0.396 e. The van der Waals surface area contributed by atoms with Crippen LogP contribution in [0.15, 0.2) is 16.7 Å². The predicted molar refractivity (Wildman–Crippen MR) is 80.2 cm³/mol. The van der Waals surface area contributed by atoms with E-state index in [4.69, 9.17) is 5.11 Å². The molecule has 108 valence electrons. The van der Waals surface area contributed by atoms with Crippen LogP contribution >= 0.6 is 15.9 Å². The SMILES string of the molecule is CCCC(CCO)CNC(=O)c1cc(Br)cn1CC. The maximum atomic E-state index is 12.1. The Labute approximate surface area is 123 Å². The molecule has 1 unspecified atom stereocenters. The van der Waals surface area contributed by atoms with Gasteiger partial charge in [0.25, 0.3) is 5.91 Å². The van der Waals surface area contributed by atoms with Crippen molar-refractivity contribution >= 4 is 21.8 Å². The molecule has 0 radical (unpaired) electrons. The number of aryl methyl sites for hydroxylation is 1. The van der Waals surface area contributed by atoms with Crippen LogP contribution in [-0.2, 0) is 6.54 Å². The van der Waals surface area contributed by atoms with E-state index in [-0.39, 0.29) is 12.5 Å². The standard InChI is InChI=1S/C14H23BrN2O2/c1-3-5-11(6-7-18)9-16-14(19)13-8-12(15)10-17(13)4-2/h8,10-11,18H,3-7,9H2,1-2H3,(H,16,19). The molecule has 1 aromatic rings. The van der Waals surface area contributed by atoms with Crippen LogP contribution in [0.4, 0.5) is 0 Å². The first-order valence-electron chi connectivity index (χ1n) is 6.87. The van der Waals surface area contributed by atoms with Crippen LogP contribution in [0.5, 0.6) is 0 Å². The summed E-state index contributed by atoms with van der Waals surface area (Å²) in [4.78, 5) is 12.1. The van der Waals surface area contributed by atoms with Crippen LogP contribution in [0.2, 0.25) is 0 Å². The number of carbonyl (C=O) groups excluding carboxylic acids is 1. The summed E-state index contributed by atoms with van der Waals surface area (Å²) in [7, 11) is 0. The van der Waals surface area contributed by atoms with Crippen molar-refractivity contribution in [3.8, 4) is 0 Å². The normalized spacial score (nSPS) is 12.4. The minimum absolute atomic E-state index is 0.0495. The van der Waals surface area contributed by atoms with Gasteiger partial charge in [0.05, 0.1) is 0 Å². The first-order chi connectivity index (χ1) is 9.12. The molecule has 0 aliphatic rings. The summed E-state index contributed by atoms with van der Waals surface area (Å²) in [5.41, 5.74) is 0.675. The van der Waals surface area contributed by atoms with Crippen molar-refractivity contribution in [2.45, 2.75) is 39.7 Å². The smallest absolute Gasteiger partial charge is 0.267 e. The van der Waals surface area contributed by atoms with E-state index in [0.29, 0.717) is 18.2 Å². The molecular weight excluding hydrogens is 308 g/mol. The van der Waals surface area contributed by atoms with E-state index in [2.05, 4.69) is 28.2 Å². The Kier molecular flexibility index (Phi) is 7.16. The van der Waals surface area contributed by atoms with E-state index in [9.17, 15) is 4.79 Å². The van der Waals surface area contributed by atoms with E-state index in [1.54, 1.807) is 0 Å². The summed E-state index contributed by atoms with van der Waals surface area (Å²) < 4.78 is 2.83. The fourth-order valence-electron chi connectivity index (χ4n) is 2.19. The minimum Gasteiger partial charge on any atom is -0.396 e. The second-order valence-corrected chi connectivity index (χ2v) is 5.62. The van der Waals surface area contributed by atoms with Gasteiger partial charge in [-0.05, 0) is 47.7 Å². The molecule has 0 bridgehead atoms. The molecular formula is C14H23BrN2O2. The lowest BCUT2D eigenvalue weighted by molar-refractivity contribution is 0.0933. The number of aromatic nitrogens is 1. The minimum atomic E-state index is -0.0495. The molecule has 0 aliphatic carbocycles. The van der Waals surface area contributed by atoms with Gasteiger partial charge in [0.1, 0.15) is 5.69 Å². The van der Waals surface area contributed by atoms with E-state index >= 15 is 0 Å². The highest BCUT2D eigenvalue weighted by atomic mass is 79.9. The monoisotopic (exact) mass is 330 g/mol. The number of nitrogens with one attached hydrogen (secondary N) is 1. The van der Waals surface area contributed by atoms with Gasteiger partial charge in [-0.1, -0.05) is 13.3 Å². The predicted octanol–water partition coefficient (Wildman–Crippen LogP) is 2.80. The summed E-state index contributed by atoms with van der Waals surface area (Å²) in [5.74, 6) is 0.305. The van der Waals surface area contributed by atoms with Crippen LogP contribution in [0.25, 0.3) is 0 Å². The van der Waals surface area contributed by atoms with E-state index in [1.165, 1.54) is 0 Å². The van der Waals surface area contributed by atoms with Gasteiger partial charge >= 0.3 is 0 Å². The van der Waals surface area contributed by atoms with Crippen LogP contribution in [0, 0.1) is 5.92 Å². The number of rotatable bonds is 8. The number of aliphatic hydroxyl groups excluding tert-OH is 1. The fraction of sp³-hybridized carbons (Fsp3) is 0.643. The average Bonchev–Trinajstić information content (AvgIpc) is 2.77. The van der Waals surface area contributed by atoms with E-state index < -0.39 is 0 Å². The second kappa shape index (κ2) is 8.38. The highest BCUT2D eigenvalue weighted by Gasteiger charge is 2.14. The van der Waals surface area contributed by atoms with Crippen molar-refractivity contribution < 1.29 is 9.90 Å². The summed E-state index contributed by atoms with van der Waals surface area (Å²) >= 11 is 3.39. The summed E-state index contributed by atoms with van der Waals surface area (Å²) in [5, 5.41) is 12.0. The van der Waals surface area contributed by atoms with Crippen molar-refractivity contribution in [2.24, 2.45) is 5.92 Å². The molecule has 0 spiro atoms. The first-order valence-corrected chi connectivity index (χ1v) is 7.66. The van der Waals surface area contributed by atoms with Crippen LogP contribution in [0.3, 0.4) is 0 Å². The summed E-state index contributed by atoms with van der Waals surface area (Å²) in [6.07, 6.45) is 4.75. The quantitative estimate of drug-likeness (QED) is 0.770. The lowest BCUT2D eigenvalue weighted by Gasteiger charge is -2.16. The van der Waals surface area contributed by atoms with Gasteiger partial charge in [-0.2, -0.15) is 0 Å². The van der Waals surface area contributed by atoms with Crippen LogP contribution in [-0.4, -0.2) is 28.7 Å². The Morgan fingerprint density at radius 3 is 2.79 bits per heavy atom. The van der Waals surface area contributed by atoms with Crippen molar-refractivity contribution in [3.05, 3.63) is 22.4 Å². The third-order valence-corrected chi connectivity index (χ3v) is 3.66. The summed E-state index contributed by atoms with van der Waals surface area (Å²) in [6.45, 7) is 5.70. The lowest BCUT2D eigenvalue weighted by Crippen LogP contribution is -2.31. The van der Waals surface area contributed by atoms with Gasteiger partial charge in [-0.25, -0.2) is 0 Å². The van der Waals surface area contributed by atoms with Gasteiger partial charge in [-0.15, -0.1) is 0 Å². The number of hydrogen-bond donors (Lipinski definition) is 2. The second-order valence-electron chi connectivity index (χ2n) is 4.71. The molecule has 19 heavy (non-hydrogen) atoms. The number of amides is 1. The molecule has 0 saturated carbocycles. The summed E-state index contributed by atoms with van der Waals surface area (Å²) in [6, 6.07) is 1.83. The number of aliphatic hydroxyl groups is 1. The van der Waals surface area contributed by atoms with Crippen LogP contribution < -0.4 is 5.32 Å². The molecule has 2 N–H and O–H groups in total. The highest BCUT2D eigenvalue weighted by molar-refractivity contribution is 9.10. The molecule has 0 aromatic carbocycles. The third kappa shape index (κ3) is 4.99. The molecule has 0 saturated heterocycles. The molecule has 1 amide bonds. The van der Waals surface area contributed by atoms with Crippen molar-refractivity contribution in [1.82, 2.24) is 9.88 Å². The van der Waals surface area contributed by atoms with Gasteiger partial charge in [0.15, 0.2) is 0 Å². The Morgan fingerprint density at radius 1 is 1.47 bits per heavy atom. The third-order valence-electron chi connectivity index (χ3n) is 3.22. The zero-order valence-corrected chi connectivity index (χ0v) is 13.2. The van der Waals surface area contributed by atoms with E-state index in [1.807, 2.05) is 23.8 Å². The Bertz CT molecular complexity index is 398. The zero-order valence-electron chi connectivity index (χ0n) is 11.7. The van der Waals surface area contributed by atoms with Gasteiger partial charge in [-0.3, -0.25) is 4.79 Å². The Balaban J connectivity index is 2.58. The van der Waals surface area contributed by atoms with Crippen LogP contribution in [0.1, 0.15) is 43.6 Å². The average molecular weight is 331 g/mol. The van der Waals surface area contributed by atoms with Crippen molar-refractivity contribution in [1.29, 1.82) is 0 Å². The molecule has 1 heterocycles. The van der Waals surface area contributed by atoms with E-state index in [0.717, 1.165) is 30.3 Å². The Morgan fingerprint density at radius 2 is 2.21 bits per heavy atom. The molecule has 1 aromatic heterocycles. The van der Waals surface area contributed by atoms with Gasteiger partial charge in [0, 0.05) is 30.4 Å².